The highest BCUT2D eigenvalue weighted by atomic mass is 19.1. The van der Waals surface area contributed by atoms with Gasteiger partial charge in [0.25, 0.3) is 5.91 Å². The third kappa shape index (κ3) is 6.86. The zero-order chi connectivity index (χ0) is 32.3. The van der Waals surface area contributed by atoms with Crippen LogP contribution in [-0.2, 0) is 9.53 Å². The molecule has 1 atom stereocenters. The van der Waals surface area contributed by atoms with Crippen LogP contribution in [0.2, 0.25) is 0 Å². The molecule has 2 aliphatic rings. The summed E-state index contributed by atoms with van der Waals surface area (Å²) in [5.74, 6) is 4.14. The van der Waals surface area contributed by atoms with Crippen molar-refractivity contribution in [3.05, 3.63) is 71.9 Å². The molecule has 3 amide bonds. The Morgan fingerprint density at radius 1 is 1.13 bits per heavy atom. The summed E-state index contributed by atoms with van der Waals surface area (Å²) in [4.78, 5) is 32.9. The number of aromatic nitrogens is 1. The number of halogens is 2. The number of nitrogens with two attached hydrogens (primary N) is 1. The second-order valence-electron chi connectivity index (χ2n) is 10.7. The normalized spacial score (nSPS) is 17.3. The molecule has 1 aromatic heterocycles. The number of pyridine rings is 1. The maximum absolute atomic E-state index is 15.2. The van der Waals surface area contributed by atoms with E-state index in [1.807, 2.05) is 13.8 Å². The maximum atomic E-state index is 15.2. The predicted octanol–water partition coefficient (Wildman–Crippen LogP) is 3.38. The molecular weight excluding hydrogens is 588 g/mol. The van der Waals surface area contributed by atoms with Crippen molar-refractivity contribution in [3.8, 4) is 23.3 Å². The van der Waals surface area contributed by atoms with Crippen molar-refractivity contribution < 1.29 is 33.0 Å². The van der Waals surface area contributed by atoms with Gasteiger partial charge in [-0.1, -0.05) is 11.8 Å². The number of carbonyl (C=O) groups is 2. The van der Waals surface area contributed by atoms with Crippen LogP contribution in [0.5, 0.6) is 11.5 Å². The highest BCUT2D eigenvalue weighted by Gasteiger charge is 2.38. The molecular formula is C31H31F2N7O5. The van der Waals surface area contributed by atoms with Crippen LogP contribution in [0.25, 0.3) is 0 Å². The van der Waals surface area contributed by atoms with Crippen LogP contribution in [0.1, 0.15) is 19.4 Å². The molecule has 234 valence electrons. The van der Waals surface area contributed by atoms with Gasteiger partial charge in [-0.25, -0.2) is 23.6 Å². The first-order chi connectivity index (χ1) is 21.4. The number of aliphatic hydroxyl groups excluding tert-OH is 1. The molecule has 45 heavy (non-hydrogen) atoms. The Bertz CT molecular complexity index is 1700. The van der Waals surface area contributed by atoms with Crippen LogP contribution in [0.15, 0.2) is 59.8 Å². The molecule has 0 bridgehead atoms. The number of amides is 3. The molecule has 2 aromatic carbocycles. The van der Waals surface area contributed by atoms with Gasteiger partial charge >= 0.3 is 6.03 Å². The van der Waals surface area contributed by atoms with Crippen LogP contribution in [0.4, 0.5) is 30.8 Å². The summed E-state index contributed by atoms with van der Waals surface area (Å²) in [7, 11) is 1.29. The Labute approximate surface area is 258 Å². The Morgan fingerprint density at radius 2 is 1.84 bits per heavy atom. The topological polar surface area (TPSA) is 146 Å². The number of hydrogen-bond donors (Lipinski definition) is 3. The Kier molecular flexibility index (Phi) is 8.96. The number of rotatable bonds is 6. The average Bonchev–Trinajstić information content (AvgIpc) is 3.01. The third-order valence-corrected chi connectivity index (χ3v) is 7.21. The number of hydrazone groups is 1. The number of urea groups is 1. The van der Waals surface area contributed by atoms with E-state index in [4.69, 9.17) is 15.2 Å². The first kappa shape index (κ1) is 31.3. The van der Waals surface area contributed by atoms with Gasteiger partial charge in [0.15, 0.2) is 23.5 Å². The zero-order valence-electron chi connectivity index (χ0n) is 24.8. The SMILES string of the molecule is CN1N=C(C(=O)Nc2ccc(Oc3ccnc(N)c3C#CC(C)(C)N3CCOCC3)c(F)c2)C(O)N(c2ccc(F)cc2)C1=O. The zero-order valence-corrected chi connectivity index (χ0v) is 24.8. The van der Waals surface area contributed by atoms with Gasteiger partial charge in [0.1, 0.15) is 22.9 Å². The number of benzene rings is 2. The van der Waals surface area contributed by atoms with E-state index in [9.17, 15) is 19.1 Å². The summed E-state index contributed by atoms with van der Waals surface area (Å²) in [5, 5.41) is 18.0. The van der Waals surface area contributed by atoms with Gasteiger partial charge < -0.3 is 25.6 Å². The number of nitrogens with zero attached hydrogens (tertiary/aromatic N) is 5. The third-order valence-electron chi connectivity index (χ3n) is 7.21. The highest BCUT2D eigenvalue weighted by Crippen LogP contribution is 2.31. The monoisotopic (exact) mass is 619 g/mol. The molecule has 5 rings (SSSR count). The van der Waals surface area contributed by atoms with Crippen LogP contribution in [0, 0.1) is 23.5 Å². The quantitative estimate of drug-likeness (QED) is 0.356. The lowest BCUT2D eigenvalue weighted by atomic mass is 10.0. The van der Waals surface area contributed by atoms with Crippen LogP contribution in [0.3, 0.4) is 0 Å². The second kappa shape index (κ2) is 12.9. The van der Waals surface area contributed by atoms with E-state index in [0.717, 1.165) is 41.2 Å². The molecule has 3 aromatic rings. The summed E-state index contributed by atoms with van der Waals surface area (Å²) in [5.41, 5.74) is 5.62. The van der Waals surface area contributed by atoms with Gasteiger partial charge in [-0.05, 0) is 50.2 Å². The maximum Gasteiger partial charge on any atom is 0.347 e. The summed E-state index contributed by atoms with van der Waals surface area (Å²) in [6.45, 7) is 6.66. The molecule has 0 radical (unpaired) electrons. The molecule has 1 saturated heterocycles. The van der Waals surface area contributed by atoms with Crippen molar-refractivity contribution in [2.45, 2.75) is 25.6 Å². The van der Waals surface area contributed by atoms with Gasteiger partial charge in [-0.3, -0.25) is 14.6 Å². The number of hydrogen-bond acceptors (Lipinski definition) is 9. The minimum Gasteiger partial charge on any atom is -0.453 e. The number of anilines is 3. The molecule has 0 saturated carbocycles. The van der Waals surface area contributed by atoms with Crippen molar-refractivity contribution >= 4 is 34.8 Å². The number of nitrogen functional groups attached to an aromatic ring is 1. The second-order valence-corrected chi connectivity index (χ2v) is 10.7. The fourth-order valence-electron chi connectivity index (χ4n) is 4.72. The van der Waals surface area contributed by atoms with Crippen molar-refractivity contribution in [2.75, 3.05) is 49.3 Å². The van der Waals surface area contributed by atoms with Gasteiger partial charge in [0.05, 0.1) is 18.8 Å². The van der Waals surface area contributed by atoms with Gasteiger partial charge in [-0.2, -0.15) is 5.10 Å². The molecule has 0 aliphatic carbocycles. The molecule has 1 unspecified atom stereocenters. The lowest BCUT2D eigenvalue weighted by Crippen LogP contribution is -2.56. The van der Waals surface area contributed by atoms with E-state index in [0.29, 0.717) is 18.8 Å². The van der Waals surface area contributed by atoms with Gasteiger partial charge in [-0.15, -0.1) is 0 Å². The van der Waals surface area contributed by atoms with Crippen molar-refractivity contribution in [2.24, 2.45) is 5.10 Å². The smallest absolute Gasteiger partial charge is 0.347 e. The van der Waals surface area contributed by atoms with Gasteiger partial charge in [0.2, 0.25) is 0 Å². The summed E-state index contributed by atoms with van der Waals surface area (Å²) in [6, 6.07) is 9.24. The van der Waals surface area contributed by atoms with Gasteiger partial charge in [0, 0.05) is 49.8 Å². The van der Waals surface area contributed by atoms with Crippen molar-refractivity contribution in [1.82, 2.24) is 14.9 Å². The average molecular weight is 620 g/mol. The molecule has 14 heteroatoms. The standard InChI is InChI=1S/C31H31F2N7O5/c1-31(2,39-14-16-44-17-15-39)12-10-22-24(11-13-35-27(22)34)45-25-9-6-20(18-23(25)33)36-28(41)26-29(42)40(30(43)38(3)37-26)21-7-4-19(32)5-8-21/h4-9,11,13,18,29,42H,14-17H2,1-3H3,(H2,34,35)(H,36,41). The summed E-state index contributed by atoms with van der Waals surface area (Å²) in [6.07, 6.45) is -0.376. The number of morpholine rings is 1. The molecule has 12 nitrogen and oxygen atoms in total. The molecule has 0 spiro atoms. The number of nitrogens with one attached hydrogen (secondary N) is 1. The lowest BCUT2D eigenvalue weighted by molar-refractivity contribution is -0.110. The van der Waals surface area contributed by atoms with Crippen LogP contribution >= 0.6 is 0 Å². The molecule has 1 fully saturated rings. The first-order valence-electron chi connectivity index (χ1n) is 13.9. The Morgan fingerprint density at radius 3 is 2.53 bits per heavy atom. The number of ether oxygens (including phenoxy) is 2. The fraction of sp³-hybridized carbons (Fsp3) is 0.290. The minimum atomic E-state index is -1.79. The Hall–Kier alpha value is -5.10. The minimum absolute atomic E-state index is 0.0224. The summed E-state index contributed by atoms with van der Waals surface area (Å²) < 4.78 is 39.9. The lowest BCUT2D eigenvalue weighted by Gasteiger charge is -2.37. The van der Waals surface area contributed by atoms with E-state index in [1.165, 1.54) is 43.6 Å². The molecule has 4 N–H and O–H groups in total. The number of aliphatic hydroxyl groups is 1. The highest BCUT2D eigenvalue weighted by molar-refractivity contribution is 6.46. The largest absolute Gasteiger partial charge is 0.453 e. The van der Waals surface area contributed by atoms with Crippen molar-refractivity contribution in [1.29, 1.82) is 0 Å². The van der Waals surface area contributed by atoms with E-state index < -0.39 is 41.1 Å². The fourth-order valence-corrected chi connectivity index (χ4v) is 4.72. The summed E-state index contributed by atoms with van der Waals surface area (Å²) >= 11 is 0. The number of carbonyl (C=O) groups excluding carboxylic acids is 2. The van der Waals surface area contributed by atoms with Crippen LogP contribution in [-0.4, -0.2) is 82.8 Å². The Balaban J connectivity index is 1.32. The molecule has 2 aliphatic heterocycles. The van der Waals surface area contributed by atoms with Crippen LogP contribution < -0.4 is 20.7 Å². The van der Waals surface area contributed by atoms with Crippen molar-refractivity contribution in [3.63, 3.8) is 0 Å². The van der Waals surface area contributed by atoms with E-state index in [1.54, 1.807) is 0 Å². The van der Waals surface area contributed by atoms with E-state index in [-0.39, 0.29) is 28.7 Å². The first-order valence-corrected chi connectivity index (χ1v) is 13.9. The van der Waals surface area contributed by atoms with E-state index >= 15 is 4.39 Å². The predicted molar refractivity (Wildman–Crippen MR) is 163 cm³/mol. The van der Waals surface area contributed by atoms with E-state index in [2.05, 4.69) is 32.1 Å². The molecule has 3 heterocycles.